The van der Waals surface area contributed by atoms with Crippen LogP contribution in [0.3, 0.4) is 0 Å². The molecule has 1 aromatic carbocycles. The van der Waals surface area contributed by atoms with Crippen molar-refractivity contribution in [2.75, 3.05) is 0 Å². The topological polar surface area (TPSA) is 78.0 Å². The summed E-state index contributed by atoms with van der Waals surface area (Å²) in [6.45, 7) is 1.92. The van der Waals surface area contributed by atoms with Gasteiger partial charge in [-0.05, 0) is 44.3 Å². The monoisotopic (exact) mass is 401 g/mol. The van der Waals surface area contributed by atoms with Crippen molar-refractivity contribution in [3.8, 4) is 0 Å². The predicted molar refractivity (Wildman–Crippen MR) is 80.8 cm³/mol. The van der Waals surface area contributed by atoms with E-state index in [2.05, 4.69) is 36.8 Å². The molecule has 1 heterocycles. The summed E-state index contributed by atoms with van der Waals surface area (Å²) in [6, 6.07) is 4.72. The third kappa shape index (κ3) is 2.80. The Balaban J connectivity index is 2.52. The maximum Gasteiger partial charge on any atom is 0.283 e. The Morgan fingerprint density at radius 3 is 2.75 bits per heavy atom. The average Bonchev–Trinajstić information content (AvgIpc) is 2.40. The number of nitro benzene ring substituents is 1. The van der Waals surface area contributed by atoms with Crippen LogP contribution >= 0.6 is 31.9 Å². The molecule has 0 aliphatic carbocycles. The average molecular weight is 403 g/mol. The van der Waals surface area contributed by atoms with Crippen molar-refractivity contribution in [3.05, 3.63) is 65.2 Å². The molecule has 0 unspecified atom stereocenters. The Hall–Kier alpha value is -1.54. The van der Waals surface area contributed by atoms with Gasteiger partial charge < -0.3 is 0 Å². The van der Waals surface area contributed by atoms with Crippen LogP contribution in [-0.2, 0) is 6.54 Å². The summed E-state index contributed by atoms with van der Waals surface area (Å²) in [6.07, 6.45) is 1.44. The second-order valence-electron chi connectivity index (χ2n) is 4.05. The highest BCUT2D eigenvalue weighted by Crippen LogP contribution is 2.28. The van der Waals surface area contributed by atoms with Crippen LogP contribution < -0.4 is 5.56 Å². The van der Waals surface area contributed by atoms with Gasteiger partial charge >= 0.3 is 0 Å². The van der Waals surface area contributed by atoms with Crippen LogP contribution in [0.5, 0.6) is 0 Å². The Morgan fingerprint density at radius 2 is 2.10 bits per heavy atom. The SMILES string of the molecule is Cc1ncc(Br)c(=O)n1Cc1cccc([N+](=O)[O-])c1Br. The molecule has 20 heavy (non-hydrogen) atoms. The summed E-state index contributed by atoms with van der Waals surface area (Å²) < 4.78 is 2.18. The van der Waals surface area contributed by atoms with Crippen LogP contribution in [0.25, 0.3) is 0 Å². The minimum atomic E-state index is -0.470. The van der Waals surface area contributed by atoms with E-state index in [1.165, 1.54) is 16.8 Å². The first-order valence-electron chi connectivity index (χ1n) is 5.55. The van der Waals surface area contributed by atoms with Crippen LogP contribution in [0, 0.1) is 17.0 Å². The molecule has 0 spiro atoms. The van der Waals surface area contributed by atoms with Crippen LogP contribution in [0.2, 0.25) is 0 Å². The molecular formula is C12H9Br2N3O3. The van der Waals surface area contributed by atoms with Gasteiger partial charge in [-0.3, -0.25) is 19.5 Å². The number of nitrogens with zero attached hydrogens (tertiary/aromatic N) is 3. The maximum atomic E-state index is 12.1. The van der Waals surface area contributed by atoms with E-state index in [0.717, 1.165) is 0 Å². The zero-order valence-electron chi connectivity index (χ0n) is 10.3. The van der Waals surface area contributed by atoms with Crippen molar-refractivity contribution in [3.63, 3.8) is 0 Å². The summed E-state index contributed by atoms with van der Waals surface area (Å²) in [4.78, 5) is 26.6. The van der Waals surface area contributed by atoms with Gasteiger partial charge in [0.25, 0.3) is 11.2 Å². The summed E-state index contributed by atoms with van der Waals surface area (Å²) in [5, 5.41) is 10.9. The van der Waals surface area contributed by atoms with E-state index in [1.54, 1.807) is 19.1 Å². The fraction of sp³-hybridized carbons (Fsp3) is 0.167. The zero-order valence-corrected chi connectivity index (χ0v) is 13.5. The normalized spacial score (nSPS) is 10.6. The number of nitro groups is 1. The van der Waals surface area contributed by atoms with Crippen LogP contribution in [0.15, 0.2) is 38.1 Å². The molecule has 0 aliphatic heterocycles. The Labute approximate surface area is 130 Å². The van der Waals surface area contributed by atoms with Gasteiger partial charge in [0.1, 0.15) is 14.8 Å². The van der Waals surface area contributed by atoms with Crippen molar-refractivity contribution in [2.45, 2.75) is 13.5 Å². The molecule has 104 valence electrons. The number of halogens is 2. The minimum Gasteiger partial charge on any atom is -0.291 e. The van der Waals surface area contributed by atoms with Crippen molar-refractivity contribution < 1.29 is 4.92 Å². The summed E-state index contributed by atoms with van der Waals surface area (Å²) in [7, 11) is 0. The van der Waals surface area contributed by atoms with Gasteiger partial charge in [0.2, 0.25) is 0 Å². The van der Waals surface area contributed by atoms with E-state index in [1.807, 2.05) is 0 Å². The zero-order chi connectivity index (χ0) is 14.9. The van der Waals surface area contributed by atoms with Crippen LogP contribution in [-0.4, -0.2) is 14.5 Å². The molecule has 0 amide bonds. The van der Waals surface area contributed by atoms with Crippen LogP contribution in [0.1, 0.15) is 11.4 Å². The number of rotatable bonds is 3. The highest BCUT2D eigenvalue weighted by Gasteiger charge is 2.16. The number of hydrogen-bond acceptors (Lipinski definition) is 4. The number of hydrogen-bond donors (Lipinski definition) is 0. The number of aromatic nitrogens is 2. The van der Waals surface area contributed by atoms with E-state index in [-0.39, 0.29) is 17.8 Å². The molecule has 0 radical (unpaired) electrons. The first-order chi connectivity index (χ1) is 9.41. The molecule has 0 fully saturated rings. The lowest BCUT2D eigenvalue weighted by atomic mass is 10.2. The van der Waals surface area contributed by atoms with Crippen molar-refractivity contribution in [2.24, 2.45) is 0 Å². The minimum absolute atomic E-state index is 0.0313. The molecule has 2 aromatic rings. The fourth-order valence-corrected chi connectivity index (χ4v) is 2.59. The molecule has 0 atom stereocenters. The number of aryl methyl sites for hydroxylation is 1. The predicted octanol–water partition coefficient (Wildman–Crippen LogP) is 3.03. The summed E-state index contributed by atoms with van der Waals surface area (Å²) in [5.41, 5.74) is 0.386. The molecule has 2 rings (SSSR count). The van der Waals surface area contributed by atoms with E-state index < -0.39 is 4.92 Å². The summed E-state index contributed by atoms with van der Waals surface area (Å²) in [5.74, 6) is 0.539. The smallest absolute Gasteiger partial charge is 0.283 e. The van der Waals surface area contributed by atoms with Crippen molar-refractivity contribution >= 4 is 37.5 Å². The Kier molecular flexibility index (Phi) is 4.34. The lowest BCUT2D eigenvalue weighted by Crippen LogP contribution is -2.24. The second-order valence-corrected chi connectivity index (χ2v) is 5.70. The Morgan fingerprint density at radius 1 is 1.40 bits per heavy atom. The quantitative estimate of drug-likeness (QED) is 0.583. The third-order valence-corrected chi connectivity index (χ3v) is 4.25. The van der Waals surface area contributed by atoms with E-state index >= 15 is 0 Å². The standard InChI is InChI=1S/C12H9Br2N3O3/c1-7-15-5-9(13)12(18)16(7)6-8-3-2-4-10(11(8)14)17(19)20/h2-5H,6H2,1H3. The second kappa shape index (κ2) is 5.84. The molecule has 8 heteroatoms. The van der Waals surface area contributed by atoms with Crippen molar-refractivity contribution in [1.29, 1.82) is 0 Å². The van der Waals surface area contributed by atoms with Gasteiger partial charge in [-0.25, -0.2) is 4.98 Å². The molecule has 0 N–H and O–H groups in total. The third-order valence-electron chi connectivity index (χ3n) is 2.79. The van der Waals surface area contributed by atoms with Gasteiger partial charge in [0.05, 0.1) is 11.5 Å². The fourth-order valence-electron chi connectivity index (χ4n) is 1.74. The first-order valence-corrected chi connectivity index (χ1v) is 7.14. The number of benzene rings is 1. The maximum absolute atomic E-state index is 12.1. The largest absolute Gasteiger partial charge is 0.291 e. The van der Waals surface area contributed by atoms with Gasteiger partial charge in [-0.15, -0.1) is 0 Å². The van der Waals surface area contributed by atoms with Gasteiger partial charge in [-0.2, -0.15) is 0 Å². The first kappa shape index (κ1) is 14.9. The molecule has 0 saturated heterocycles. The van der Waals surface area contributed by atoms with E-state index in [4.69, 9.17) is 0 Å². The molecule has 0 saturated carbocycles. The molecular weight excluding hydrogens is 394 g/mol. The lowest BCUT2D eigenvalue weighted by Gasteiger charge is -2.10. The molecule has 1 aromatic heterocycles. The van der Waals surface area contributed by atoms with Crippen molar-refractivity contribution in [1.82, 2.24) is 9.55 Å². The molecule has 6 nitrogen and oxygen atoms in total. The van der Waals surface area contributed by atoms with Gasteiger partial charge in [0.15, 0.2) is 0 Å². The lowest BCUT2D eigenvalue weighted by molar-refractivity contribution is -0.385. The van der Waals surface area contributed by atoms with E-state index in [0.29, 0.717) is 20.3 Å². The molecule has 0 aliphatic rings. The Bertz CT molecular complexity index is 743. The molecule has 0 bridgehead atoms. The highest BCUT2D eigenvalue weighted by molar-refractivity contribution is 9.10. The van der Waals surface area contributed by atoms with Crippen LogP contribution in [0.4, 0.5) is 5.69 Å². The summed E-state index contributed by atoms with van der Waals surface area (Å²) >= 11 is 6.35. The van der Waals surface area contributed by atoms with Gasteiger partial charge in [-0.1, -0.05) is 12.1 Å². The highest BCUT2D eigenvalue weighted by atomic mass is 79.9. The van der Waals surface area contributed by atoms with Gasteiger partial charge in [0, 0.05) is 12.3 Å². The van der Waals surface area contributed by atoms with E-state index in [9.17, 15) is 14.9 Å².